The molecule has 0 saturated heterocycles. The van der Waals surface area contributed by atoms with Gasteiger partial charge in [-0.2, -0.15) is 0 Å². The van der Waals surface area contributed by atoms with Gasteiger partial charge in [0.1, 0.15) is 0 Å². The Balaban J connectivity index is 4.09. The van der Waals surface area contributed by atoms with Crippen LogP contribution in [0.2, 0.25) is 0 Å². The summed E-state index contributed by atoms with van der Waals surface area (Å²) in [5.41, 5.74) is 0. The van der Waals surface area contributed by atoms with E-state index >= 15 is 0 Å². The fraction of sp³-hybridized carbons (Fsp3) is 0.923. The predicted molar refractivity (Wildman–Crippen MR) is 76.6 cm³/mol. The first-order valence-electron chi connectivity index (χ1n) is 6.62. The fourth-order valence-electron chi connectivity index (χ4n) is 1.70. The first-order valence-corrected chi connectivity index (χ1v) is 6.62. The summed E-state index contributed by atoms with van der Waals surface area (Å²) in [6.07, 6.45) is 2.31. The third-order valence-corrected chi connectivity index (χ3v) is 2.74. The van der Waals surface area contributed by atoms with Crippen LogP contribution in [0, 0.1) is 5.92 Å². The monoisotopic (exact) mass is 242 g/mol. The number of nitrogens with zero attached hydrogens (tertiary/aromatic N) is 2. The van der Waals surface area contributed by atoms with Crippen LogP contribution in [-0.4, -0.2) is 51.1 Å². The molecule has 2 N–H and O–H groups in total. The lowest BCUT2D eigenvalue weighted by atomic mass is 10.0. The molecule has 4 heteroatoms. The first kappa shape index (κ1) is 16.2. The summed E-state index contributed by atoms with van der Waals surface area (Å²) in [5.74, 6) is 1.62. The zero-order chi connectivity index (χ0) is 13.3. The minimum atomic E-state index is 0.551. The maximum Gasteiger partial charge on any atom is 0.191 e. The molecule has 0 aromatic heterocycles. The van der Waals surface area contributed by atoms with Crippen LogP contribution in [0.1, 0.15) is 33.6 Å². The van der Waals surface area contributed by atoms with Crippen LogP contribution in [0.25, 0.3) is 0 Å². The van der Waals surface area contributed by atoms with Crippen molar-refractivity contribution in [2.45, 2.75) is 39.7 Å². The zero-order valence-electron chi connectivity index (χ0n) is 12.4. The second-order valence-electron chi connectivity index (χ2n) is 5.13. The molecule has 1 atom stereocenters. The van der Waals surface area contributed by atoms with E-state index in [4.69, 9.17) is 0 Å². The van der Waals surface area contributed by atoms with Gasteiger partial charge >= 0.3 is 0 Å². The molecule has 0 aromatic rings. The summed E-state index contributed by atoms with van der Waals surface area (Å²) in [6, 6.07) is 0.551. The minimum Gasteiger partial charge on any atom is -0.356 e. The molecule has 0 heterocycles. The Labute approximate surface area is 107 Å². The summed E-state index contributed by atoms with van der Waals surface area (Å²) < 4.78 is 0. The van der Waals surface area contributed by atoms with E-state index in [1.807, 2.05) is 7.05 Å². The first-order chi connectivity index (χ1) is 8.01. The summed E-state index contributed by atoms with van der Waals surface area (Å²) in [6.45, 7) is 8.59. The van der Waals surface area contributed by atoms with Crippen LogP contribution < -0.4 is 10.6 Å². The second kappa shape index (κ2) is 9.28. The topological polar surface area (TPSA) is 39.7 Å². The number of likely N-dealkylation sites (N-methyl/N-ethyl adjacent to an activating group) is 1. The normalized spacial score (nSPS) is 14.2. The number of rotatable bonds is 7. The molecular formula is C13H30N4. The van der Waals surface area contributed by atoms with Crippen molar-refractivity contribution >= 4 is 5.96 Å². The van der Waals surface area contributed by atoms with Crippen LogP contribution in [0.15, 0.2) is 4.99 Å². The van der Waals surface area contributed by atoms with E-state index in [-0.39, 0.29) is 0 Å². The van der Waals surface area contributed by atoms with Gasteiger partial charge < -0.3 is 15.5 Å². The Morgan fingerprint density at radius 3 is 2.29 bits per heavy atom. The van der Waals surface area contributed by atoms with Crippen molar-refractivity contribution in [2.75, 3.05) is 34.2 Å². The van der Waals surface area contributed by atoms with E-state index in [2.05, 4.69) is 55.4 Å². The van der Waals surface area contributed by atoms with Crippen molar-refractivity contribution in [3.63, 3.8) is 0 Å². The van der Waals surface area contributed by atoms with Gasteiger partial charge in [-0.05, 0) is 32.9 Å². The number of hydrogen-bond donors (Lipinski definition) is 2. The van der Waals surface area contributed by atoms with Crippen LogP contribution in [-0.2, 0) is 0 Å². The molecule has 0 rings (SSSR count). The molecule has 0 radical (unpaired) electrons. The zero-order valence-corrected chi connectivity index (χ0v) is 12.4. The van der Waals surface area contributed by atoms with Crippen LogP contribution in [0.3, 0.4) is 0 Å². The van der Waals surface area contributed by atoms with Gasteiger partial charge in [0.05, 0.1) is 0 Å². The van der Waals surface area contributed by atoms with Crippen molar-refractivity contribution in [1.29, 1.82) is 0 Å². The van der Waals surface area contributed by atoms with Gasteiger partial charge in [-0.25, -0.2) is 0 Å². The highest BCUT2D eigenvalue weighted by Gasteiger charge is 2.13. The van der Waals surface area contributed by atoms with Crippen molar-refractivity contribution in [3.8, 4) is 0 Å². The van der Waals surface area contributed by atoms with Gasteiger partial charge in [-0.15, -0.1) is 0 Å². The molecule has 0 bridgehead atoms. The van der Waals surface area contributed by atoms with Gasteiger partial charge in [0, 0.05) is 26.2 Å². The summed E-state index contributed by atoms with van der Waals surface area (Å²) in [4.78, 5) is 6.49. The molecule has 0 aliphatic carbocycles. The highest BCUT2D eigenvalue weighted by atomic mass is 15.2. The fourth-order valence-corrected chi connectivity index (χ4v) is 1.70. The highest BCUT2D eigenvalue weighted by molar-refractivity contribution is 5.79. The molecular weight excluding hydrogens is 212 g/mol. The van der Waals surface area contributed by atoms with Crippen molar-refractivity contribution in [1.82, 2.24) is 15.5 Å². The molecule has 0 spiro atoms. The van der Waals surface area contributed by atoms with Crippen molar-refractivity contribution in [3.05, 3.63) is 0 Å². The average Bonchev–Trinajstić information content (AvgIpc) is 2.26. The number of aliphatic imine (C=N–C) groups is 1. The van der Waals surface area contributed by atoms with Crippen molar-refractivity contribution in [2.24, 2.45) is 10.9 Å². The molecule has 0 saturated carbocycles. The number of guanidine groups is 1. The van der Waals surface area contributed by atoms with E-state index in [1.54, 1.807) is 0 Å². The Hall–Kier alpha value is -0.770. The summed E-state index contributed by atoms with van der Waals surface area (Å²) in [7, 11) is 6.09. The largest absolute Gasteiger partial charge is 0.356 e. The SMILES string of the molecule is CCCNC(=NC)NCC(CC(C)C)N(C)C. The van der Waals surface area contributed by atoms with Gasteiger partial charge in [-0.1, -0.05) is 20.8 Å². The highest BCUT2D eigenvalue weighted by Crippen LogP contribution is 2.07. The summed E-state index contributed by atoms with van der Waals surface area (Å²) >= 11 is 0. The van der Waals surface area contributed by atoms with Crippen LogP contribution in [0.4, 0.5) is 0 Å². The van der Waals surface area contributed by atoms with E-state index in [1.165, 1.54) is 6.42 Å². The molecule has 4 nitrogen and oxygen atoms in total. The maximum atomic E-state index is 4.21. The Bertz CT molecular complexity index is 211. The molecule has 17 heavy (non-hydrogen) atoms. The molecule has 0 aromatic carbocycles. The Morgan fingerprint density at radius 2 is 1.88 bits per heavy atom. The minimum absolute atomic E-state index is 0.551. The van der Waals surface area contributed by atoms with E-state index < -0.39 is 0 Å². The lowest BCUT2D eigenvalue weighted by Crippen LogP contribution is -2.45. The quantitative estimate of drug-likeness (QED) is 0.525. The Morgan fingerprint density at radius 1 is 1.24 bits per heavy atom. The van der Waals surface area contributed by atoms with Gasteiger partial charge in [-0.3, -0.25) is 4.99 Å². The maximum absolute atomic E-state index is 4.21. The smallest absolute Gasteiger partial charge is 0.191 e. The van der Waals surface area contributed by atoms with Gasteiger partial charge in [0.2, 0.25) is 0 Å². The third kappa shape index (κ3) is 8.02. The standard InChI is InChI=1S/C13H30N4/c1-7-8-15-13(14-4)16-10-12(17(5)6)9-11(2)3/h11-12H,7-10H2,1-6H3,(H2,14,15,16). The Kier molecular flexibility index (Phi) is 8.86. The van der Waals surface area contributed by atoms with E-state index in [0.29, 0.717) is 6.04 Å². The number of hydrogen-bond acceptors (Lipinski definition) is 2. The van der Waals surface area contributed by atoms with Crippen LogP contribution in [0.5, 0.6) is 0 Å². The second-order valence-corrected chi connectivity index (χ2v) is 5.13. The molecule has 0 amide bonds. The number of nitrogens with one attached hydrogen (secondary N) is 2. The molecule has 0 fully saturated rings. The van der Waals surface area contributed by atoms with E-state index in [9.17, 15) is 0 Å². The van der Waals surface area contributed by atoms with Gasteiger partial charge in [0.25, 0.3) is 0 Å². The summed E-state index contributed by atoms with van der Waals surface area (Å²) in [5, 5.41) is 6.68. The molecule has 102 valence electrons. The lowest BCUT2D eigenvalue weighted by molar-refractivity contribution is 0.254. The average molecular weight is 242 g/mol. The molecule has 0 aliphatic rings. The third-order valence-electron chi connectivity index (χ3n) is 2.74. The molecule has 1 unspecified atom stereocenters. The molecule has 0 aliphatic heterocycles. The predicted octanol–water partition coefficient (Wildman–Crippen LogP) is 1.54. The lowest BCUT2D eigenvalue weighted by Gasteiger charge is -2.27. The van der Waals surface area contributed by atoms with Crippen molar-refractivity contribution < 1.29 is 0 Å². The van der Waals surface area contributed by atoms with Crippen LogP contribution >= 0.6 is 0 Å². The van der Waals surface area contributed by atoms with E-state index in [0.717, 1.165) is 31.4 Å². The van der Waals surface area contributed by atoms with Gasteiger partial charge in [0.15, 0.2) is 5.96 Å².